The van der Waals surface area contributed by atoms with Gasteiger partial charge in [0, 0.05) is 37.3 Å². The molecule has 0 aliphatic heterocycles. The number of rotatable bonds is 6. The maximum absolute atomic E-state index is 5.38. The quantitative estimate of drug-likeness (QED) is 0.323. The van der Waals surface area contributed by atoms with E-state index in [2.05, 4.69) is 44.9 Å². The molecule has 3 rings (SSSR count). The zero-order valence-corrected chi connectivity index (χ0v) is 17.9. The van der Waals surface area contributed by atoms with E-state index >= 15 is 0 Å². The Kier molecular flexibility index (Phi) is 8.32. The van der Waals surface area contributed by atoms with Gasteiger partial charge in [-0.05, 0) is 24.1 Å². The molecule has 0 amide bonds. The summed E-state index contributed by atoms with van der Waals surface area (Å²) in [6, 6.07) is 18.3. The number of aliphatic imine (C=N–C) groups is 1. The van der Waals surface area contributed by atoms with Crippen LogP contribution < -0.4 is 15.4 Å². The molecule has 2 aromatic carbocycles. The van der Waals surface area contributed by atoms with Crippen LogP contribution in [0, 0.1) is 0 Å². The van der Waals surface area contributed by atoms with Gasteiger partial charge in [-0.1, -0.05) is 42.5 Å². The Morgan fingerprint density at radius 2 is 1.78 bits per heavy atom. The molecule has 142 valence electrons. The van der Waals surface area contributed by atoms with Crippen LogP contribution in [0.3, 0.4) is 0 Å². The third-order valence-electron chi connectivity index (χ3n) is 4.27. The van der Waals surface area contributed by atoms with E-state index in [0.29, 0.717) is 6.54 Å². The van der Waals surface area contributed by atoms with Crippen molar-refractivity contribution in [3.05, 3.63) is 71.9 Å². The minimum atomic E-state index is 0. The molecule has 0 bridgehead atoms. The van der Waals surface area contributed by atoms with Crippen molar-refractivity contribution in [2.45, 2.75) is 13.0 Å². The van der Waals surface area contributed by atoms with E-state index in [1.807, 2.05) is 36.5 Å². The van der Waals surface area contributed by atoms with Gasteiger partial charge in [0.25, 0.3) is 0 Å². The van der Waals surface area contributed by atoms with Gasteiger partial charge in [-0.3, -0.25) is 9.98 Å². The number of halogens is 1. The topological polar surface area (TPSA) is 58.5 Å². The molecule has 0 aliphatic rings. The number of fused-ring (bicyclic) bond motifs is 1. The van der Waals surface area contributed by atoms with Crippen LogP contribution >= 0.6 is 24.0 Å². The zero-order valence-electron chi connectivity index (χ0n) is 15.6. The van der Waals surface area contributed by atoms with Gasteiger partial charge in [-0.15, -0.1) is 24.0 Å². The number of para-hydroxylation sites is 2. The van der Waals surface area contributed by atoms with Gasteiger partial charge >= 0.3 is 0 Å². The number of benzene rings is 2. The molecule has 0 aliphatic carbocycles. The van der Waals surface area contributed by atoms with Gasteiger partial charge in [-0.2, -0.15) is 0 Å². The third-order valence-corrected chi connectivity index (χ3v) is 4.27. The van der Waals surface area contributed by atoms with E-state index < -0.39 is 0 Å². The number of nitrogens with zero attached hydrogens (tertiary/aromatic N) is 2. The van der Waals surface area contributed by atoms with E-state index in [1.54, 1.807) is 14.2 Å². The highest BCUT2D eigenvalue weighted by Gasteiger charge is 2.05. The molecular weight excluding hydrogens is 451 g/mol. The molecule has 2 N–H and O–H groups in total. The minimum absolute atomic E-state index is 0. The number of ether oxygens (including phenoxy) is 1. The van der Waals surface area contributed by atoms with Crippen LogP contribution in [0.25, 0.3) is 10.9 Å². The van der Waals surface area contributed by atoms with Crippen molar-refractivity contribution in [2.75, 3.05) is 20.7 Å². The van der Waals surface area contributed by atoms with Crippen molar-refractivity contribution in [2.24, 2.45) is 4.99 Å². The second kappa shape index (κ2) is 10.7. The SMILES string of the molecule is CN=C(NCCc1cccc2cccnc12)NCc1ccccc1OC.I. The van der Waals surface area contributed by atoms with Crippen molar-refractivity contribution in [1.29, 1.82) is 0 Å². The predicted octanol–water partition coefficient (Wildman–Crippen LogP) is 3.77. The lowest BCUT2D eigenvalue weighted by molar-refractivity contribution is 0.409. The Labute approximate surface area is 177 Å². The molecule has 6 heteroatoms. The van der Waals surface area contributed by atoms with Crippen LogP contribution in [0.5, 0.6) is 5.75 Å². The lowest BCUT2D eigenvalue weighted by Gasteiger charge is -2.14. The average Bonchev–Trinajstić information content (AvgIpc) is 2.71. The molecule has 0 fully saturated rings. The Morgan fingerprint density at radius 3 is 2.59 bits per heavy atom. The van der Waals surface area contributed by atoms with Crippen LogP contribution in [0.4, 0.5) is 0 Å². The van der Waals surface area contributed by atoms with Crippen LogP contribution in [0.2, 0.25) is 0 Å². The smallest absolute Gasteiger partial charge is 0.191 e. The average molecular weight is 476 g/mol. The highest BCUT2D eigenvalue weighted by atomic mass is 127. The fraction of sp³-hybridized carbons (Fsp3) is 0.238. The molecule has 0 saturated heterocycles. The molecule has 5 nitrogen and oxygen atoms in total. The van der Waals surface area contributed by atoms with Gasteiger partial charge < -0.3 is 15.4 Å². The third kappa shape index (κ3) is 5.56. The maximum Gasteiger partial charge on any atom is 0.191 e. The van der Waals surface area contributed by atoms with E-state index in [4.69, 9.17) is 4.74 Å². The van der Waals surface area contributed by atoms with Gasteiger partial charge in [-0.25, -0.2) is 0 Å². The summed E-state index contributed by atoms with van der Waals surface area (Å²) in [5.74, 6) is 1.64. The normalized spacial score (nSPS) is 11.0. The summed E-state index contributed by atoms with van der Waals surface area (Å²) in [5.41, 5.74) is 3.39. The van der Waals surface area contributed by atoms with Crippen LogP contribution in [0.1, 0.15) is 11.1 Å². The first-order chi connectivity index (χ1) is 12.8. The minimum Gasteiger partial charge on any atom is -0.496 e. The molecule has 1 heterocycles. The first-order valence-electron chi connectivity index (χ1n) is 8.71. The van der Waals surface area contributed by atoms with Crippen molar-refractivity contribution in [3.8, 4) is 5.75 Å². The number of hydrogen-bond donors (Lipinski definition) is 2. The number of guanidine groups is 1. The number of nitrogens with one attached hydrogen (secondary N) is 2. The molecule has 0 unspecified atom stereocenters. The second-order valence-electron chi connectivity index (χ2n) is 5.91. The van der Waals surface area contributed by atoms with Crippen molar-refractivity contribution < 1.29 is 4.74 Å². The summed E-state index contributed by atoms with van der Waals surface area (Å²) < 4.78 is 5.38. The summed E-state index contributed by atoms with van der Waals surface area (Å²) in [7, 11) is 3.46. The van der Waals surface area contributed by atoms with E-state index in [-0.39, 0.29) is 24.0 Å². The number of methoxy groups -OCH3 is 1. The lowest BCUT2D eigenvalue weighted by Crippen LogP contribution is -2.37. The molecule has 3 aromatic rings. The highest BCUT2D eigenvalue weighted by molar-refractivity contribution is 14.0. The van der Waals surface area contributed by atoms with Gasteiger partial charge in [0.2, 0.25) is 0 Å². The van der Waals surface area contributed by atoms with Gasteiger partial charge in [0.1, 0.15) is 5.75 Å². The summed E-state index contributed by atoms with van der Waals surface area (Å²) >= 11 is 0. The maximum atomic E-state index is 5.38. The first-order valence-corrected chi connectivity index (χ1v) is 8.71. The Balaban J connectivity index is 0.00000261. The Bertz CT molecular complexity index is 893. The van der Waals surface area contributed by atoms with Crippen LogP contribution in [0.15, 0.2) is 65.8 Å². The lowest BCUT2D eigenvalue weighted by atomic mass is 10.1. The first kappa shape index (κ1) is 21.0. The number of hydrogen-bond acceptors (Lipinski definition) is 3. The summed E-state index contributed by atoms with van der Waals surface area (Å²) in [6.07, 6.45) is 2.72. The molecule has 1 aromatic heterocycles. The van der Waals surface area contributed by atoms with Crippen molar-refractivity contribution in [1.82, 2.24) is 15.6 Å². The zero-order chi connectivity index (χ0) is 18.2. The molecule has 0 saturated carbocycles. The molecule has 0 atom stereocenters. The number of aromatic nitrogens is 1. The Hall–Kier alpha value is -2.35. The fourth-order valence-electron chi connectivity index (χ4n) is 2.93. The summed E-state index contributed by atoms with van der Waals surface area (Å²) in [5, 5.41) is 7.86. The van der Waals surface area contributed by atoms with Gasteiger partial charge in [0.05, 0.1) is 12.6 Å². The summed E-state index contributed by atoms with van der Waals surface area (Å²) in [4.78, 5) is 8.80. The monoisotopic (exact) mass is 476 g/mol. The largest absolute Gasteiger partial charge is 0.496 e. The fourth-order valence-corrected chi connectivity index (χ4v) is 2.93. The van der Waals surface area contributed by atoms with Crippen molar-refractivity contribution in [3.63, 3.8) is 0 Å². The molecule has 0 spiro atoms. The standard InChI is InChI=1S/C21H24N4O.HI/c1-22-21(25-15-18-7-3-4-11-19(18)26-2)24-14-12-17-9-5-8-16-10-6-13-23-20(16)17;/h3-11,13H,12,14-15H2,1-2H3,(H2,22,24,25);1H. The predicted molar refractivity (Wildman–Crippen MR) is 122 cm³/mol. The second-order valence-corrected chi connectivity index (χ2v) is 5.91. The van der Waals surface area contributed by atoms with E-state index in [0.717, 1.165) is 35.8 Å². The Morgan fingerprint density at radius 1 is 1.00 bits per heavy atom. The van der Waals surface area contributed by atoms with Crippen LogP contribution in [-0.4, -0.2) is 31.6 Å². The van der Waals surface area contributed by atoms with E-state index in [9.17, 15) is 0 Å². The van der Waals surface area contributed by atoms with Crippen LogP contribution in [-0.2, 0) is 13.0 Å². The van der Waals surface area contributed by atoms with Crippen molar-refractivity contribution >= 4 is 40.8 Å². The van der Waals surface area contributed by atoms with Gasteiger partial charge in [0.15, 0.2) is 5.96 Å². The van der Waals surface area contributed by atoms with E-state index in [1.165, 1.54) is 10.9 Å². The molecule has 27 heavy (non-hydrogen) atoms. The molecular formula is C21H25IN4O. The summed E-state index contributed by atoms with van der Waals surface area (Å²) in [6.45, 7) is 1.43. The number of pyridine rings is 1. The highest BCUT2D eigenvalue weighted by Crippen LogP contribution is 2.17. The molecule has 0 radical (unpaired) electrons.